The van der Waals surface area contributed by atoms with Crippen molar-refractivity contribution in [3.63, 3.8) is 0 Å². The fourth-order valence-electron chi connectivity index (χ4n) is 2.54. The highest BCUT2D eigenvalue weighted by atomic mass is 32.2. The first-order chi connectivity index (χ1) is 11.6. The first kappa shape index (κ1) is 16.9. The number of anilines is 1. The molecule has 1 fully saturated rings. The molecule has 1 atom stereocenters. The maximum absolute atomic E-state index is 12.3. The van der Waals surface area contributed by atoms with Gasteiger partial charge in [0, 0.05) is 24.4 Å². The fraction of sp³-hybridized carbons (Fsp3) is 0.375. The van der Waals surface area contributed by atoms with Crippen LogP contribution in [0.25, 0.3) is 0 Å². The van der Waals surface area contributed by atoms with Crippen molar-refractivity contribution >= 4 is 40.0 Å². The van der Waals surface area contributed by atoms with Crippen molar-refractivity contribution in [2.75, 3.05) is 17.7 Å². The van der Waals surface area contributed by atoms with E-state index in [4.69, 9.17) is 0 Å². The number of nitrogens with zero attached hydrogens (tertiary/aromatic N) is 3. The van der Waals surface area contributed by atoms with Crippen molar-refractivity contribution in [3.8, 4) is 0 Å². The summed E-state index contributed by atoms with van der Waals surface area (Å²) in [6.07, 6.45) is 2.25. The predicted octanol–water partition coefficient (Wildman–Crippen LogP) is 2.24. The Hall–Kier alpha value is -1.93. The summed E-state index contributed by atoms with van der Waals surface area (Å²) in [5.41, 5.74) is 1.04. The third-order valence-electron chi connectivity index (χ3n) is 3.87. The van der Waals surface area contributed by atoms with Gasteiger partial charge in [-0.1, -0.05) is 23.5 Å². The van der Waals surface area contributed by atoms with Crippen molar-refractivity contribution in [3.05, 3.63) is 34.8 Å². The van der Waals surface area contributed by atoms with Crippen molar-refractivity contribution < 1.29 is 9.59 Å². The van der Waals surface area contributed by atoms with Crippen LogP contribution in [0, 0.1) is 12.8 Å². The molecule has 0 radical (unpaired) electrons. The Bertz CT molecular complexity index is 745. The molecule has 0 saturated carbocycles. The fourth-order valence-corrected chi connectivity index (χ4v) is 3.66. The predicted molar refractivity (Wildman–Crippen MR) is 95.2 cm³/mol. The zero-order valence-electron chi connectivity index (χ0n) is 13.5. The van der Waals surface area contributed by atoms with E-state index in [2.05, 4.69) is 15.5 Å². The van der Waals surface area contributed by atoms with Gasteiger partial charge >= 0.3 is 0 Å². The molecule has 3 rings (SSSR count). The summed E-state index contributed by atoms with van der Waals surface area (Å²) in [5.74, 6) is -0.510. The number of nitrogens with one attached hydrogen (secondary N) is 1. The minimum atomic E-state index is -0.341. The first-order valence-electron chi connectivity index (χ1n) is 7.58. The molecule has 1 saturated heterocycles. The van der Waals surface area contributed by atoms with Crippen LogP contribution in [0.15, 0.2) is 29.2 Å². The number of hydrogen-bond acceptors (Lipinski definition) is 6. The van der Waals surface area contributed by atoms with Gasteiger partial charge in [0.15, 0.2) is 0 Å². The van der Waals surface area contributed by atoms with E-state index < -0.39 is 0 Å². The second kappa shape index (κ2) is 7.31. The van der Waals surface area contributed by atoms with Gasteiger partial charge in [-0.2, -0.15) is 0 Å². The van der Waals surface area contributed by atoms with Gasteiger partial charge in [0.2, 0.25) is 16.9 Å². The molecular formula is C16H18N4O2S2. The lowest BCUT2D eigenvalue weighted by Crippen LogP contribution is -2.32. The van der Waals surface area contributed by atoms with Gasteiger partial charge in [0.1, 0.15) is 5.01 Å². The summed E-state index contributed by atoms with van der Waals surface area (Å²) >= 11 is 3.05. The molecule has 126 valence electrons. The summed E-state index contributed by atoms with van der Waals surface area (Å²) in [6.45, 7) is 2.68. The highest BCUT2D eigenvalue weighted by Gasteiger charge is 2.36. The zero-order chi connectivity index (χ0) is 17.1. The lowest BCUT2D eigenvalue weighted by Gasteiger charge is -2.12. The standard InChI is InChI=1S/C16H18N4O2S2/c1-10-18-19-16(24-10)20-9-12(7-14(20)21)15(22)17-8-11-3-5-13(23-2)6-4-11/h3-6,12H,7-9H2,1-2H3,(H,17,22). The Labute approximate surface area is 148 Å². The molecular weight excluding hydrogens is 344 g/mol. The van der Waals surface area contributed by atoms with Crippen LogP contribution in [0.3, 0.4) is 0 Å². The summed E-state index contributed by atoms with van der Waals surface area (Å²) in [4.78, 5) is 27.2. The van der Waals surface area contributed by atoms with Crippen LogP contribution in [0.4, 0.5) is 5.13 Å². The molecule has 1 aromatic heterocycles. The molecule has 0 bridgehead atoms. The van der Waals surface area contributed by atoms with E-state index in [-0.39, 0.29) is 24.2 Å². The van der Waals surface area contributed by atoms with E-state index in [1.54, 1.807) is 16.7 Å². The van der Waals surface area contributed by atoms with E-state index in [1.165, 1.54) is 16.2 Å². The van der Waals surface area contributed by atoms with Crippen LogP contribution in [0.5, 0.6) is 0 Å². The summed E-state index contributed by atoms with van der Waals surface area (Å²) < 4.78 is 0. The number of amides is 2. The van der Waals surface area contributed by atoms with E-state index in [9.17, 15) is 9.59 Å². The number of rotatable bonds is 5. The molecule has 2 heterocycles. The van der Waals surface area contributed by atoms with Crippen LogP contribution in [-0.2, 0) is 16.1 Å². The number of thioether (sulfide) groups is 1. The molecule has 24 heavy (non-hydrogen) atoms. The second-order valence-electron chi connectivity index (χ2n) is 5.57. The monoisotopic (exact) mass is 362 g/mol. The average molecular weight is 362 g/mol. The Morgan fingerprint density at radius 2 is 2.12 bits per heavy atom. The molecule has 8 heteroatoms. The Balaban J connectivity index is 1.56. The quantitative estimate of drug-likeness (QED) is 0.826. The molecule has 1 N–H and O–H groups in total. The lowest BCUT2D eigenvalue weighted by molar-refractivity contribution is -0.126. The maximum atomic E-state index is 12.3. The number of benzene rings is 1. The number of aryl methyl sites for hydroxylation is 1. The van der Waals surface area contributed by atoms with Gasteiger partial charge in [-0.05, 0) is 30.9 Å². The number of carbonyl (C=O) groups is 2. The molecule has 0 spiro atoms. The molecule has 1 aliphatic heterocycles. The number of hydrogen-bond donors (Lipinski definition) is 1. The van der Waals surface area contributed by atoms with E-state index in [1.807, 2.05) is 37.4 Å². The van der Waals surface area contributed by atoms with Crippen molar-refractivity contribution in [1.82, 2.24) is 15.5 Å². The highest BCUT2D eigenvalue weighted by molar-refractivity contribution is 7.98. The number of aromatic nitrogens is 2. The first-order valence-corrected chi connectivity index (χ1v) is 9.62. The SMILES string of the molecule is CSc1ccc(CNC(=O)C2CC(=O)N(c3nnc(C)s3)C2)cc1. The molecule has 1 aromatic carbocycles. The number of carbonyl (C=O) groups excluding carboxylic acids is 2. The Morgan fingerprint density at radius 3 is 2.75 bits per heavy atom. The maximum Gasteiger partial charge on any atom is 0.229 e. The van der Waals surface area contributed by atoms with Gasteiger partial charge < -0.3 is 5.32 Å². The van der Waals surface area contributed by atoms with Crippen molar-refractivity contribution in [2.24, 2.45) is 5.92 Å². The van der Waals surface area contributed by atoms with Gasteiger partial charge in [-0.25, -0.2) is 0 Å². The van der Waals surface area contributed by atoms with Crippen molar-refractivity contribution in [2.45, 2.75) is 24.8 Å². The average Bonchev–Trinajstić information content (AvgIpc) is 3.18. The van der Waals surface area contributed by atoms with Gasteiger partial charge in [-0.3, -0.25) is 14.5 Å². The topological polar surface area (TPSA) is 75.2 Å². The molecule has 2 aromatic rings. The molecule has 0 aliphatic carbocycles. The summed E-state index contributed by atoms with van der Waals surface area (Å²) in [5, 5.41) is 12.2. The van der Waals surface area contributed by atoms with E-state index in [0.29, 0.717) is 18.2 Å². The van der Waals surface area contributed by atoms with Crippen LogP contribution >= 0.6 is 23.1 Å². The molecule has 1 unspecified atom stereocenters. The normalized spacial score (nSPS) is 17.3. The van der Waals surface area contributed by atoms with Crippen LogP contribution in [-0.4, -0.2) is 34.8 Å². The third-order valence-corrected chi connectivity index (χ3v) is 5.47. The second-order valence-corrected chi connectivity index (χ2v) is 7.61. The van der Waals surface area contributed by atoms with Gasteiger partial charge in [0.25, 0.3) is 0 Å². The highest BCUT2D eigenvalue weighted by Crippen LogP contribution is 2.27. The molecule has 2 amide bonds. The van der Waals surface area contributed by atoms with E-state index >= 15 is 0 Å². The zero-order valence-corrected chi connectivity index (χ0v) is 15.1. The van der Waals surface area contributed by atoms with Gasteiger partial charge in [0.05, 0.1) is 5.92 Å². The summed E-state index contributed by atoms with van der Waals surface area (Å²) in [6, 6.07) is 8.07. The molecule has 6 nitrogen and oxygen atoms in total. The lowest BCUT2D eigenvalue weighted by atomic mass is 10.1. The minimum absolute atomic E-state index is 0.0735. The van der Waals surface area contributed by atoms with Crippen LogP contribution in [0.2, 0.25) is 0 Å². The summed E-state index contributed by atoms with van der Waals surface area (Å²) in [7, 11) is 0. The van der Waals surface area contributed by atoms with E-state index in [0.717, 1.165) is 10.6 Å². The Morgan fingerprint density at radius 1 is 1.38 bits per heavy atom. The van der Waals surface area contributed by atoms with Crippen molar-refractivity contribution in [1.29, 1.82) is 0 Å². The minimum Gasteiger partial charge on any atom is -0.352 e. The molecule has 1 aliphatic rings. The smallest absolute Gasteiger partial charge is 0.229 e. The van der Waals surface area contributed by atoms with Crippen LogP contribution in [0.1, 0.15) is 17.0 Å². The van der Waals surface area contributed by atoms with Crippen LogP contribution < -0.4 is 10.2 Å². The van der Waals surface area contributed by atoms with Gasteiger partial charge in [-0.15, -0.1) is 22.0 Å². The Kier molecular flexibility index (Phi) is 5.15. The third kappa shape index (κ3) is 3.76. The largest absolute Gasteiger partial charge is 0.352 e.